The van der Waals surface area contributed by atoms with E-state index in [9.17, 15) is 5.11 Å². The van der Waals surface area contributed by atoms with Crippen molar-refractivity contribution in [3.63, 3.8) is 0 Å². The first-order chi connectivity index (χ1) is 7.34. The Morgan fingerprint density at radius 2 is 2.07 bits per heavy atom. The Labute approximate surface area is 91.4 Å². The number of nitrogens with zero attached hydrogens (tertiary/aromatic N) is 1. The van der Waals surface area contributed by atoms with Gasteiger partial charge in [0.05, 0.1) is 12.7 Å². The van der Waals surface area contributed by atoms with E-state index in [1.54, 1.807) is 0 Å². The third kappa shape index (κ3) is 1.81. The van der Waals surface area contributed by atoms with Crippen LogP contribution in [0.4, 0.5) is 0 Å². The number of hydrogen-bond donors (Lipinski definition) is 1. The Morgan fingerprint density at radius 3 is 2.80 bits per heavy atom. The lowest BCUT2D eigenvalue weighted by atomic mass is 9.80. The van der Waals surface area contributed by atoms with Gasteiger partial charge in [-0.15, -0.1) is 0 Å². The van der Waals surface area contributed by atoms with Gasteiger partial charge in [-0.2, -0.15) is 0 Å². The molecule has 0 aromatic rings. The second-order valence-electron chi connectivity index (χ2n) is 5.39. The maximum absolute atomic E-state index is 9.98. The normalized spacial score (nSPS) is 47.0. The molecule has 3 nitrogen and oxygen atoms in total. The molecule has 0 bridgehead atoms. The first kappa shape index (κ1) is 10.1. The van der Waals surface area contributed by atoms with Crippen molar-refractivity contribution in [2.45, 2.75) is 37.8 Å². The van der Waals surface area contributed by atoms with E-state index in [2.05, 4.69) is 4.90 Å². The average molecular weight is 211 g/mol. The van der Waals surface area contributed by atoms with Crippen LogP contribution < -0.4 is 0 Å². The zero-order chi connectivity index (χ0) is 10.3. The van der Waals surface area contributed by atoms with Gasteiger partial charge >= 0.3 is 0 Å². The van der Waals surface area contributed by atoms with Crippen molar-refractivity contribution in [1.82, 2.24) is 4.90 Å². The summed E-state index contributed by atoms with van der Waals surface area (Å²) >= 11 is 0. The van der Waals surface area contributed by atoms with Crippen LogP contribution in [0.25, 0.3) is 0 Å². The van der Waals surface area contributed by atoms with Crippen LogP contribution in [-0.4, -0.2) is 48.5 Å². The highest BCUT2D eigenvalue weighted by atomic mass is 16.5. The molecule has 2 aliphatic heterocycles. The minimum absolute atomic E-state index is 0.0314. The summed E-state index contributed by atoms with van der Waals surface area (Å²) in [6.07, 6.45) is 4.73. The highest BCUT2D eigenvalue weighted by molar-refractivity contribution is 4.94. The van der Waals surface area contributed by atoms with E-state index in [-0.39, 0.29) is 6.10 Å². The maximum Gasteiger partial charge on any atom is 0.0622 e. The number of aliphatic hydroxyl groups excluding tert-OH is 1. The molecule has 1 N–H and O–H groups in total. The van der Waals surface area contributed by atoms with E-state index < -0.39 is 0 Å². The summed E-state index contributed by atoms with van der Waals surface area (Å²) in [7, 11) is 0. The first-order valence-electron chi connectivity index (χ1n) is 6.34. The zero-order valence-corrected chi connectivity index (χ0v) is 9.27. The van der Waals surface area contributed by atoms with Crippen molar-refractivity contribution in [1.29, 1.82) is 0 Å². The lowest BCUT2D eigenvalue weighted by Crippen LogP contribution is -2.35. The van der Waals surface area contributed by atoms with Gasteiger partial charge in [0.15, 0.2) is 0 Å². The van der Waals surface area contributed by atoms with Gasteiger partial charge in [-0.25, -0.2) is 0 Å². The smallest absolute Gasteiger partial charge is 0.0622 e. The molecule has 0 aromatic heterocycles. The maximum atomic E-state index is 9.98. The molecule has 2 unspecified atom stereocenters. The SMILES string of the molecule is OC1CCC[C@H]2CN(C3CCOC3)C[C@@H]12. The first-order valence-corrected chi connectivity index (χ1v) is 6.34. The summed E-state index contributed by atoms with van der Waals surface area (Å²) in [6.45, 7) is 4.16. The molecule has 15 heavy (non-hydrogen) atoms. The Bertz CT molecular complexity index is 228. The monoisotopic (exact) mass is 211 g/mol. The molecule has 1 aliphatic carbocycles. The van der Waals surface area contributed by atoms with Crippen molar-refractivity contribution in [2.75, 3.05) is 26.3 Å². The predicted octanol–water partition coefficient (Wildman–Crippen LogP) is 0.868. The van der Waals surface area contributed by atoms with Crippen molar-refractivity contribution < 1.29 is 9.84 Å². The molecular formula is C12H21NO2. The summed E-state index contributed by atoms with van der Waals surface area (Å²) in [4.78, 5) is 2.57. The lowest BCUT2D eigenvalue weighted by Gasteiger charge is -2.29. The molecule has 2 saturated heterocycles. The third-order valence-corrected chi connectivity index (χ3v) is 4.51. The molecule has 3 heteroatoms. The van der Waals surface area contributed by atoms with E-state index in [1.807, 2.05) is 0 Å². The quantitative estimate of drug-likeness (QED) is 0.698. The molecule has 0 radical (unpaired) electrons. The van der Waals surface area contributed by atoms with Crippen molar-refractivity contribution in [2.24, 2.45) is 11.8 Å². The summed E-state index contributed by atoms with van der Waals surface area (Å²) in [5, 5.41) is 9.98. The molecular weight excluding hydrogens is 190 g/mol. The van der Waals surface area contributed by atoms with E-state index >= 15 is 0 Å². The predicted molar refractivity (Wildman–Crippen MR) is 57.6 cm³/mol. The van der Waals surface area contributed by atoms with Crippen LogP contribution in [0.15, 0.2) is 0 Å². The molecule has 2 heterocycles. The van der Waals surface area contributed by atoms with Crippen molar-refractivity contribution >= 4 is 0 Å². The second-order valence-corrected chi connectivity index (χ2v) is 5.39. The van der Waals surface area contributed by atoms with Crippen molar-refractivity contribution in [3.05, 3.63) is 0 Å². The summed E-state index contributed by atoms with van der Waals surface area (Å²) in [6, 6.07) is 0.641. The Kier molecular flexibility index (Phi) is 2.71. The fourth-order valence-corrected chi connectivity index (χ4v) is 3.58. The summed E-state index contributed by atoms with van der Waals surface area (Å²) < 4.78 is 5.45. The Hall–Kier alpha value is -0.120. The largest absolute Gasteiger partial charge is 0.393 e. The molecule has 4 atom stereocenters. The fraction of sp³-hybridized carbons (Fsp3) is 1.00. The number of hydrogen-bond acceptors (Lipinski definition) is 3. The molecule has 0 spiro atoms. The number of fused-ring (bicyclic) bond motifs is 1. The second kappa shape index (κ2) is 4.04. The van der Waals surface area contributed by atoms with Gasteiger partial charge in [0.25, 0.3) is 0 Å². The molecule has 86 valence electrons. The zero-order valence-electron chi connectivity index (χ0n) is 9.27. The number of aliphatic hydroxyl groups is 1. The van der Waals surface area contributed by atoms with Gasteiger partial charge < -0.3 is 9.84 Å². The molecule has 0 amide bonds. The van der Waals surface area contributed by atoms with Gasteiger partial charge in [0.2, 0.25) is 0 Å². The number of ether oxygens (including phenoxy) is 1. The summed E-state index contributed by atoms with van der Waals surface area (Å²) in [5.74, 6) is 1.31. The van der Waals surface area contributed by atoms with Crippen LogP contribution in [0.3, 0.4) is 0 Å². The lowest BCUT2D eigenvalue weighted by molar-refractivity contribution is 0.0537. The number of rotatable bonds is 1. The van der Waals surface area contributed by atoms with Gasteiger partial charge in [0, 0.05) is 31.7 Å². The molecule has 0 aromatic carbocycles. The number of likely N-dealkylation sites (tertiary alicyclic amines) is 1. The Balaban J connectivity index is 1.65. The van der Waals surface area contributed by atoms with Crippen molar-refractivity contribution in [3.8, 4) is 0 Å². The highest BCUT2D eigenvalue weighted by Gasteiger charge is 2.41. The van der Waals surface area contributed by atoms with Crippen LogP contribution in [-0.2, 0) is 4.74 Å². The summed E-state index contributed by atoms with van der Waals surface area (Å²) in [5.41, 5.74) is 0. The van der Waals surface area contributed by atoms with Crippen LogP contribution in [0.2, 0.25) is 0 Å². The average Bonchev–Trinajstić information content (AvgIpc) is 2.86. The van der Waals surface area contributed by atoms with E-state index in [4.69, 9.17) is 4.74 Å². The minimum atomic E-state index is -0.0314. The van der Waals surface area contributed by atoms with Gasteiger partial charge in [-0.1, -0.05) is 6.42 Å². The van der Waals surface area contributed by atoms with Gasteiger partial charge in [-0.3, -0.25) is 4.90 Å². The van der Waals surface area contributed by atoms with E-state index in [0.717, 1.165) is 32.1 Å². The molecule has 3 fully saturated rings. The van der Waals surface area contributed by atoms with Crippen LogP contribution >= 0.6 is 0 Å². The molecule has 1 saturated carbocycles. The van der Waals surface area contributed by atoms with Gasteiger partial charge in [0.1, 0.15) is 0 Å². The van der Waals surface area contributed by atoms with Crippen LogP contribution in [0.1, 0.15) is 25.7 Å². The molecule has 3 rings (SSSR count). The topological polar surface area (TPSA) is 32.7 Å². The minimum Gasteiger partial charge on any atom is -0.393 e. The van der Waals surface area contributed by atoms with Gasteiger partial charge in [-0.05, 0) is 25.2 Å². The van der Waals surface area contributed by atoms with Crippen LogP contribution in [0, 0.1) is 11.8 Å². The van der Waals surface area contributed by atoms with E-state index in [0.29, 0.717) is 12.0 Å². The Morgan fingerprint density at radius 1 is 1.13 bits per heavy atom. The molecule has 3 aliphatic rings. The highest BCUT2D eigenvalue weighted by Crippen LogP contribution is 2.37. The van der Waals surface area contributed by atoms with E-state index in [1.165, 1.54) is 25.8 Å². The third-order valence-electron chi connectivity index (χ3n) is 4.51. The fourth-order valence-electron chi connectivity index (χ4n) is 3.58. The standard InChI is InChI=1S/C12H21NO2/c14-12-3-1-2-9-6-13(7-11(9)12)10-4-5-15-8-10/h9-12,14H,1-8H2/t9-,10?,11+,12?/m0/s1. The van der Waals surface area contributed by atoms with Crippen LogP contribution in [0.5, 0.6) is 0 Å².